The molecule has 2 aromatic carbocycles. The molecular formula is C19H17N3O2S. The number of H-pyrrole nitrogens is 1. The quantitative estimate of drug-likeness (QED) is 0.570. The molecule has 2 heterocycles. The highest BCUT2D eigenvalue weighted by Crippen LogP contribution is 2.30. The maximum absolute atomic E-state index is 12.3. The van der Waals surface area contributed by atoms with Crippen LogP contribution < -0.4 is 10.3 Å². The molecule has 4 rings (SSSR count). The van der Waals surface area contributed by atoms with Gasteiger partial charge in [0.1, 0.15) is 5.75 Å². The molecule has 0 saturated carbocycles. The van der Waals surface area contributed by atoms with Gasteiger partial charge < -0.3 is 9.30 Å². The summed E-state index contributed by atoms with van der Waals surface area (Å²) in [5.41, 5.74) is 2.77. The molecule has 0 bridgehead atoms. The van der Waals surface area contributed by atoms with Crippen LogP contribution in [0.5, 0.6) is 5.75 Å². The minimum atomic E-state index is -0.177. The number of aromatic amines is 1. The summed E-state index contributed by atoms with van der Waals surface area (Å²) in [6, 6.07) is 14.2. The average molecular weight is 351 g/mol. The van der Waals surface area contributed by atoms with Crippen LogP contribution in [0.2, 0.25) is 0 Å². The molecule has 126 valence electrons. The van der Waals surface area contributed by atoms with Crippen LogP contribution in [0.4, 0.5) is 0 Å². The Morgan fingerprint density at radius 1 is 1.16 bits per heavy atom. The lowest BCUT2D eigenvalue weighted by molar-refractivity contribution is 0.415. The van der Waals surface area contributed by atoms with Crippen molar-refractivity contribution in [3.05, 3.63) is 64.6 Å². The Balaban J connectivity index is 1.95. The number of nitrogens with zero attached hydrogens (tertiary/aromatic N) is 2. The second kappa shape index (κ2) is 6.29. The summed E-state index contributed by atoms with van der Waals surface area (Å²) >= 11 is 1.72. The smallest absolute Gasteiger partial charge is 0.274 e. The average Bonchev–Trinajstić information content (AvgIpc) is 2.96. The standard InChI is InChI=1S/C19H17N3O2S/c1-24-13-5-8-15-16(9-13)22(17-10-20-21-19(23)18(15)17)11-12-3-6-14(25-2)7-4-12/h3-10H,11H2,1-2H3,(H,21,23). The van der Waals surface area contributed by atoms with Crippen LogP contribution in [0, 0.1) is 0 Å². The zero-order valence-electron chi connectivity index (χ0n) is 13.9. The van der Waals surface area contributed by atoms with Crippen LogP contribution in [-0.4, -0.2) is 28.1 Å². The number of thioether (sulfide) groups is 1. The molecule has 0 fully saturated rings. The van der Waals surface area contributed by atoms with Gasteiger partial charge in [0.25, 0.3) is 5.56 Å². The van der Waals surface area contributed by atoms with Gasteiger partial charge in [-0.15, -0.1) is 11.8 Å². The number of ether oxygens (including phenoxy) is 1. The predicted molar refractivity (Wildman–Crippen MR) is 102 cm³/mol. The molecule has 1 N–H and O–H groups in total. The van der Waals surface area contributed by atoms with Crippen LogP contribution >= 0.6 is 11.8 Å². The number of hydrogen-bond acceptors (Lipinski definition) is 4. The lowest BCUT2D eigenvalue weighted by atomic mass is 10.2. The van der Waals surface area contributed by atoms with Crippen molar-refractivity contribution in [1.29, 1.82) is 0 Å². The second-order valence-electron chi connectivity index (χ2n) is 5.78. The van der Waals surface area contributed by atoms with E-state index >= 15 is 0 Å². The number of hydrogen-bond donors (Lipinski definition) is 1. The van der Waals surface area contributed by atoms with Crippen LogP contribution in [0.25, 0.3) is 21.8 Å². The number of benzene rings is 2. The van der Waals surface area contributed by atoms with Gasteiger partial charge >= 0.3 is 0 Å². The summed E-state index contributed by atoms with van der Waals surface area (Å²) in [7, 11) is 1.64. The minimum Gasteiger partial charge on any atom is -0.497 e. The normalized spacial score (nSPS) is 11.3. The van der Waals surface area contributed by atoms with E-state index < -0.39 is 0 Å². The van der Waals surface area contributed by atoms with E-state index in [-0.39, 0.29) is 5.56 Å². The Morgan fingerprint density at radius 2 is 1.96 bits per heavy atom. The van der Waals surface area contributed by atoms with E-state index in [1.807, 2.05) is 18.2 Å². The van der Waals surface area contributed by atoms with Gasteiger partial charge in [0.15, 0.2) is 0 Å². The first-order valence-electron chi connectivity index (χ1n) is 7.88. The van der Waals surface area contributed by atoms with E-state index in [0.29, 0.717) is 11.9 Å². The maximum Gasteiger partial charge on any atom is 0.274 e. The maximum atomic E-state index is 12.3. The van der Waals surface area contributed by atoms with Gasteiger partial charge in [0.05, 0.1) is 29.7 Å². The van der Waals surface area contributed by atoms with Crippen molar-refractivity contribution in [3.63, 3.8) is 0 Å². The minimum absolute atomic E-state index is 0.177. The fourth-order valence-electron chi connectivity index (χ4n) is 3.14. The third-order valence-corrected chi connectivity index (χ3v) is 5.14. The van der Waals surface area contributed by atoms with Crippen molar-refractivity contribution in [2.24, 2.45) is 0 Å². The molecule has 2 aromatic heterocycles. The van der Waals surface area contributed by atoms with Crippen LogP contribution in [0.15, 0.2) is 58.4 Å². The van der Waals surface area contributed by atoms with Gasteiger partial charge in [-0.3, -0.25) is 4.79 Å². The highest BCUT2D eigenvalue weighted by molar-refractivity contribution is 7.98. The van der Waals surface area contributed by atoms with E-state index in [0.717, 1.165) is 22.2 Å². The van der Waals surface area contributed by atoms with Crippen LogP contribution in [-0.2, 0) is 6.54 Å². The van der Waals surface area contributed by atoms with Crippen molar-refractivity contribution in [2.45, 2.75) is 11.4 Å². The Bertz CT molecular complexity index is 1110. The Labute approximate surface area is 148 Å². The lowest BCUT2D eigenvalue weighted by Gasteiger charge is -2.09. The first-order valence-corrected chi connectivity index (χ1v) is 9.10. The molecule has 0 aliphatic carbocycles. The van der Waals surface area contributed by atoms with Gasteiger partial charge in [0, 0.05) is 22.9 Å². The first kappa shape index (κ1) is 15.8. The van der Waals surface area contributed by atoms with E-state index in [4.69, 9.17) is 4.74 Å². The van der Waals surface area contributed by atoms with Crippen LogP contribution in [0.1, 0.15) is 5.56 Å². The zero-order valence-corrected chi connectivity index (χ0v) is 14.8. The summed E-state index contributed by atoms with van der Waals surface area (Å²) < 4.78 is 7.48. The van der Waals surface area contributed by atoms with Gasteiger partial charge in [-0.1, -0.05) is 12.1 Å². The number of methoxy groups -OCH3 is 1. The summed E-state index contributed by atoms with van der Waals surface area (Å²) in [4.78, 5) is 13.6. The van der Waals surface area contributed by atoms with E-state index in [9.17, 15) is 4.79 Å². The Hall–Kier alpha value is -2.73. The predicted octanol–water partition coefficient (Wildman–Crippen LogP) is 3.66. The summed E-state index contributed by atoms with van der Waals surface area (Å²) in [5.74, 6) is 0.763. The molecule has 0 spiro atoms. The first-order chi connectivity index (χ1) is 12.2. The Kier molecular flexibility index (Phi) is 3.97. The van der Waals surface area contributed by atoms with E-state index in [2.05, 4.69) is 45.3 Å². The molecular weight excluding hydrogens is 334 g/mol. The molecule has 0 radical (unpaired) electrons. The molecule has 25 heavy (non-hydrogen) atoms. The van der Waals surface area contributed by atoms with Crippen molar-refractivity contribution in [1.82, 2.24) is 14.8 Å². The van der Waals surface area contributed by atoms with Gasteiger partial charge in [-0.2, -0.15) is 5.10 Å². The SMILES string of the molecule is COc1ccc2c3c(=O)[nH]ncc3n(Cc3ccc(SC)cc3)c2c1. The third-order valence-electron chi connectivity index (χ3n) is 4.39. The molecule has 0 aliphatic heterocycles. The Morgan fingerprint density at radius 3 is 2.68 bits per heavy atom. The number of rotatable bonds is 4. The number of fused-ring (bicyclic) bond motifs is 3. The van der Waals surface area contributed by atoms with Gasteiger partial charge in [-0.05, 0) is 36.1 Å². The molecule has 0 unspecified atom stereocenters. The molecule has 0 amide bonds. The topological polar surface area (TPSA) is 59.9 Å². The summed E-state index contributed by atoms with van der Waals surface area (Å²) in [6.45, 7) is 0.660. The van der Waals surface area contributed by atoms with E-state index in [1.165, 1.54) is 10.5 Å². The molecule has 0 saturated heterocycles. The van der Waals surface area contributed by atoms with E-state index in [1.54, 1.807) is 25.1 Å². The van der Waals surface area contributed by atoms with Gasteiger partial charge in [-0.25, -0.2) is 5.10 Å². The monoisotopic (exact) mass is 351 g/mol. The highest BCUT2D eigenvalue weighted by atomic mass is 32.2. The fourth-order valence-corrected chi connectivity index (χ4v) is 3.55. The summed E-state index contributed by atoms with van der Waals surface area (Å²) in [5, 5.41) is 8.08. The third kappa shape index (κ3) is 2.68. The van der Waals surface area contributed by atoms with Crippen LogP contribution in [0.3, 0.4) is 0 Å². The molecule has 5 nitrogen and oxygen atoms in total. The zero-order chi connectivity index (χ0) is 17.4. The summed E-state index contributed by atoms with van der Waals surface area (Å²) in [6.07, 6.45) is 3.77. The lowest BCUT2D eigenvalue weighted by Crippen LogP contribution is -2.08. The number of nitrogens with one attached hydrogen (secondary N) is 1. The van der Waals surface area contributed by atoms with Crippen molar-refractivity contribution >= 4 is 33.6 Å². The number of aromatic nitrogens is 3. The van der Waals surface area contributed by atoms with Gasteiger partial charge in [0.2, 0.25) is 0 Å². The highest BCUT2D eigenvalue weighted by Gasteiger charge is 2.15. The van der Waals surface area contributed by atoms with Crippen molar-refractivity contribution in [2.75, 3.05) is 13.4 Å². The second-order valence-corrected chi connectivity index (χ2v) is 6.66. The molecule has 0 atom stereocenters. The molecule has 0 aliphatic rings. The van der Waals surface area contributed by atoms with Crippen molar-refractivity contribution < 1.29 is 4.74 Å². The largest absolute Gasteiger partial charge is 0.497 e. The van der Waals surface area contributed by atoms with Crippen molar-refractivity contribution in [3.8, 4) is 5.75 Å². The molecule has 6 heteroatoms. The molecule has 4 aromatic rings. The fraction of sp³-hybridized carbons (Fsp3) is 0.158.